The molecule has 3 aromatic rings. The van der Waals surface area contributed by atoms with E-state index in [0.29, 0.717) is 31.7 Å². The van der Waals surface area contributed by atoms with Gasteiger partial charge in [-0.25, -0.2) is 0 Å². The second kappa shape index (κ2) is 11.5. The fourth-order valence-electron chi connectivity index (χ4n) is 3.42. The van der Waals surface area contributed by atoms with Crippen molar-refractivity contribution in [2.24, 2.45) is 0 Å². The third kappa shape index (κ3) is 5.87. The van der Waals surface area contributed by atoms with Crippen molar-refractivity contribution in [1.29, 1.82) is 0 Å². The second-order valence-electron chi connectivity index (χ2n) is 7.13. The zero-order valence-electron chi connectivity index (χ0n) is 18.7. The minimum absolute atomic E-state index is 0.299. The lowest BCUT2D eigenvalue weighted by Crippen LogP contribution is -2.17. The molecular formula is C24H29N5O3. The van der Waals surface area contributed by atoms with Crippen molar-refractivity contribution in [2.75, 3.05) is 21.3 Å². The van der Waals surface area contributed by atoms with E-state index in [1.807, 2.05) is 48.0 Å². The Morgan fingerprint density at radius 1 is 1.06 bits per heavy atom. The van der Waals surface area contributed by atoms with E-state index in [4.69, 9.17) is 9.47 Å². The van der Waals surface area contributed by atoms with Gasteiger partial charge in [-0.3, -0.25) is 4.79 Å². The van der Waals surface area contributed by atoms with E-state index in [-0.39, 0.29) is 0 Å². The van der Waals surface area contributed by atoms with Crippen LogP contribution >= 0.6 is 0 Å². The molecule has 1 heterocycles. The summed E-state index contributed by atoms with van der Waals surface area (Å²) in [6.07, 6.45) is 4.24. The van der Waals surface area contributed by atoms with Gasteiger partial charge in [0.2, 0.25) is 6.41 Å². The van der Waals surface area contributed by atoms with Gasteiger partial charge in [0, 0.05) is 30.8 Å². The highest BCUT2D eigenvalue weighted by Gasteiger charge is 2.15. The molecule has 2 aromatic carbocycles. The predicted molar refractivity (Wildman–Crippen MR) is 123 cm³/mol. The molecule has 0 aliphatic carbocycles. The fraction of sp³-hybridized carbons (Fsp3) is 0.292. The number of nitrogens with zero attached hydrogens (tertiary/aromatic N) is 3. The topological polar surface area (TPSA) is 90.3 Å². The number of amides is 1. The molecule has 1 aromatic heterocycles. The van der Waals surface area contributed by atoms with Gasteiger partial charge in [-0.1, -0.05) is 30.3 Å². The maximum atomic E-state index is 10.8. The molecule has 32 heavy (non-hydrogen) atoms. The van der Waals surface area contributed by atoms with E-state index < -0.39 is 0 Å². The minimum atomic E-state index is 0.299. The number of rotatable bonds is 12. The summed E-state index contributed by atoms with van der Waals surface area (Å²) >= 11 is 0. The summed E-state index contributed by atoms with van der Waals surface area (Å²) in [6, 6.07) is 15.9. The number of aryl methyl sites for hydroxylation is 1. The van der Waals surface area contributed by atoms with Crippen LogP contribution in [0.4, 0.5) is 0 Å². The molecule has 0 atom stereocenters. The lowest BCUT2D eigenvalue weighted by molar-refractivity contribution is -0.109. The quantitative estimate of drug-likeness (QED) is 0.425. The molecule has 2 N–H and O–H groups in total. The molecule has 3 rings (SSSR count). The molecule has 168 valence electrons. The van der Waals surface area contributed by atoms with Gasteiger partial charge in [0.05, 0.1) is 27.3 Å². The molecule has 8 nitrogen and oxygen atoms in total. The molecule has 0 aliphatic rings. The fourth-order valence-corrected chi connectivity index (χ4v) is 3.42. The number of methoxy groups -OCH3 is 2. The Morgan fingerprint density at radius 2 is 1.84 bits per heavy atom. The van der Waals surface area contributed by atoms with E-state index in [0.717, 1.165) is 40.6 Å². The Morgan fingerprint density at radius 3 is 2.53 bits per heavy atom. The first kappa shape index (κ1) is 22.9. The van der Waals surface area contributed by atoms with Crippen molar-refractivity contribution in [3.8, 4) is 11.5 Å². The summed E-state index contributed by atoms with van der Waals surface area (Å²) in [7, 11) is 5.17. The normalized spacial score (nSPS) is 11.2. The number of aromatic nitrogens is 3. The van der Waals surface area contributed by atoms with E-state index in [2.05, 4.69) is 39.0 Å². The summed E-state index contributed by atoms with van der Waals surface area (Å²) in [4.78, 5) is 10.8. The number of ether oxygens (including phenoxy) is 2. The zero-order chi connectivity index (χ0) is 22.8. The average molecular weight is 436 g/mol. The summed E-state index contributed by atoms with van der Waals surface area (Å²) in [5.41, 5.74) is 3.20. The average Bonchev–Trinajstić information content (AvgIpc) is 3.22. The van der Waals surface area contributed by atoms with Crippen molar-refractivity contribution in [3.05, 3.63) is 77.0 Å². The molecule has 0 fully saturated rings. The van der Waals surface area contributed by atoms with Gasteiger partial charge >= 0.3 is 0 Å². The first-order valence-corrected chi connectivity index (χ1v) is 10.4. The number of allylic oxidation sites excluding steroid dienone is 1. The van der Waals surface area contributed by atoms with Crippen LogP contribution in [0.25, 0.3) is 6.08 Å². The standard InChI is InChI=1S/C24H29N5O3/c1-25-20(13-18-7-5-4-6-8-18)10-12-23-27-28-24(15-26-17-30)29(23)16-19-9-11-21(31-2)14-22(19)32-3/h4-9,11,13-14,17,25H,10,12,15-16H2,1-3H3,(H,26,30)/b20-13-. The Balaban J connectivity index is 1.84. The van der Waals surface area contributed by atoms with E-state index >= 15 is 0 Å². The number of benzene rings is 2. The van der Waals surface area contributed by atoms with Crippen LogP contribution in [0.2, 0.25) is 0 Å². The minimum Gasteiger partial charge on any atom is -0.497 e. The number of carbonyl (C=O) groups excluding carboxylic acids is 1. The molecule has 0 spiro atoms. The Hall–Kier alpha value is -3.81. The van der Waals surface area contributed by atoms with Gasteiger partial charge in [0.1, 0.15) is 17.3 Å². The summed E-state index contributed by atoms with van der Waals surface area (Å²) in [6.45, 7) is 0.816. The van der Waals surface area contributed by atoms with Crippen LogP contribution in [-0.2, 0) is 24.3 Å². The van der Waals surface area contributed by atoms with Gasteiger partial charge in [-0.2, -0.15) is 0 Å². The van der Waals surface area contributed by atoms with E-state index in [1.165, 1.54) is 0 Å². The molecule has 0 unspecified atom stereocenters. The molecule has 0 bridgehead atoms. The van der Waals surface area contributed by atoms with Crippen molar-refractivity contribution in [2.45, 2.75) is 25.9 Å². The Kier molecular flexibility index (Phi) is 8.25. The molecule has 0 radical (unpaired) electrons. The van der Waals surface area contributed by atoms with Gasteiger partial charge in [0.15, 0.2) is 5.82 Å². The molecule has 1 amide bonds. The molecule has 0 aliphatic heterocycles. The van der Waals surface area contributed by atoms with E-state index in [1.54, 1.807) is 14.2 Å². The van der Waals surface area contributed by atoms with Gasteiger partial charge in [0.25, 0.3) is 0 Å². The monoisotopic (exact) mass is 435 g/mol. The highest BCUT2D eigenvalue weighted by Crippen LogP contribution is 2.26. The Labute approximate surface area is 188 Å². The van der Waals surface area contributed by atoms with E-state index in [9.17, 15) is 4.79 Å². The van der Waals surface area contributed by atoms with Crippen LogP contribution < -0.4 is 20.1 Å². The lowest BCUT2D eigenvalue weighted by Gasteiger charge is -2.15. The highest BCUT2D eigenvalue weighted by molar-refractivity contribution is 5.52. The first-order valence-electron chi connectivity index (χ1n) is 10.4. The first-order chi connectivity index (χ1) is 15.7. The maximum Gasteiger partial charge on any atom is 0.207 e. The number of nitrogens with one attached hydrogen (secondary N) is 2. The second-order valence-corrected chi connectivity index (χ2v) is 7.13. The molecular weight excluding hydrogens is 406 g/mol. The molecule has 8 heteroatoms. The Bertz CT molecular complexity index is 1050. The number of hydrogen-bond acceptors (Lipinski definition) is 6. The maximum absolute atomic E-state index is 10.8. The summed E-state index contributed by atoms with van der Waals surface area (Å²) < 4.78 is 12.9. The summed E-state index contributed by atoms with van der Waals surface area (Å²) in [5, 5.41) is 14.7. The van der Waals surface area contributed by atoms with Gasteiger partial charge in [-0.05, 0) is 30.2 Å². The van der Waals surface area contributed by atoms with Gasteiger partial charge in [-0.15, -0.1) is 10.2 Å². The van der Waals surface area contributed by atoms with Crippen molar-refractivity contribution in [1.82, 2.24) is 25.4 Å². The largest absolute Gasteiger partial charge is 0.497 e. The van der Waals surface area contributed by atoms with Crippen LogP contribution in [-0.4, -0.2) is 42.4 Å². The highest BCUT2D eigenvalue weighted by atomic mass is 16.5. The smallest absolute Gasteiger partial charge is 0.207 e. The SMILES string of the molecule is CN/C(=C\c1ccccc1)CCc1nnc(CNC=O)n1Cc1ccc(OC)cc1OC. The van der Waals surface area contributed by atoms with Crippen molar-refractivity contribution < 1.29 is 14.3 Å². The lowest BCUT2D eigenvalue weighted by atomic mass is 10.1. The van der Waals surface area contributed by atoms with Crippen molar-refractivity contribution in [3.63, 3.8) is 0 Å². The third-order valence-electron chi connectivity index (χ3n) is 5.15. The zero-order valence-corrected chi connectivity index (χ0v) is 18.7. The van der Waals surface area contributed by atoms with Crippen LogP contribution in [0, 0.1) is 0 Å². The van der Waals surface area contributed by atoms with Crippen LogP contribution in [0.1, 0.15) is 29.2 Å². The predicted octanol–water partition coefficient (Wildman–Crippen LogP) is 2.78. The summed E-state index contributed by atoms with van der Waals surface area (Å²) in [5.74, 6) is 2.96. The number of hydrogen-bond donors (Lipinski definition) is 2. The van der Waals surface area contributed by atoms with Gasteiger partial charge < -0.3 is 24.7 Å². The van der Waals surface area contributed by atoms with Crippen molar-refractivity contribution >= 4 is 12.5 Å². The van der Waals surface area contributed by atoms with Crippen LogP contribution in [0.5, 0.6) is 11.5 Å². The van der Waals surface area contributed by atoms with Crippen LogP contribution in [0.3, 0.4) is 0 Å². The van der Waals surface area contributed by atoms with Crippen LogP contribution in [0.15, 0.2) is 54.2 Å². The molecule has 0 saturated carbocycles. The molecule has 0 saturated heterocycles. The third-order valence-corrected chi connectivity index (χ3v) is 5.15. The number of carbonyl (C=O) groups is 1.